The summed E-state index contributed by atoms with van der Waals surface area (Å²) in [5, 5.41) is 0. The molecule has 2 rings (SSSR count). The molecule has 2 nitrogen and oxygen atoms in total. The van der Waals surface area contributed by atoms with Crippen LogP contribution in [0.4, 0.5) is 0 Å². The molecular weight excluding hydrogens is 126 g/mol. The molecule has 2 atom stereocenters. The number of nitrogens with one attached hydrogen (secondary N) is 1. The molecule has 2 aliphatic rings. The average Bonchev–Trinajstić information content (AvgIpc) is 2.05. The van der Waals surface area contributed by atoms with Gasteiger partial charge in [-0.3, -0.25) is 0 Å². The molecule has 0 aromatic carbocycles. The van der Waals surface area contributed by atoms with Crippen LogP contribution in [0.1, 0.15) is 25.7 Å². The molecule has 1 heterocycles. The van der Waals surface area contributed by atoms with Crippen LogP contribution >= 0.6 is 0 Å². The van der Waals surface area contributed by atoms with E-state index in [1.807, 2.05) is 0 Å². The van der Waals surface area contributed by atoms with Gasteiger partial charge in [0.2, 0.25) is 0 Å². The Morgan fingerprint density at radius 2 is 1.90 bits per heavy atom. The molecule has 1 saturated heterocycles. The van der Waals surface area contributed by atoms with Crippen LogP contribution in [0, 0.1) is 11.8 Å². The molecule has 0 radical (unpaired) electrons. The zero-order chi connectivity index (χ0) is 6.81. The third-order valence-electron chi connectivity index (χ3n) is 2.81. The molecule has 2 fully saturated rings. The topological polar surface area (TPSA) is 21.3 Å². The lowest BCUT2D eigenvalue weighted by Crippen LogP contribution is -2.39. The average molecular weight is 141 g/mol. The number of fused-ring (bicyclic) bond motifs is 1. The van der Waals surface area contributed by atoms with Gasteiger partial charge < -0.3 is 4.84 Å². The SMILES string of the molecule is C1CCC2CONCC2C1. The van der Waals surface area contributed by atoms with E-state index in [1.165, 1.54) is 25.7 Å². The summed E-state index contributed by atoms with van der Waals surface area (Å²) < 4.78 is 0. The van der Waals surface area contributed by atoms with Crippen LogP contribution in [0.2, 0.25) is 0 Å². The van der Waals surface area contributed by atoms with Crippen molar-refractivity contribution in [2.75, 3.05) is 13.2 Å². The largest absolute Gasteiger partial charge is 0.301 e. The van der Waals surface area contributed by atoms with Gasteiger partial charge in [0.1, 0.15) is 0 Å². The van der Waals surface area contributed by atoms with E-state index in [0.717, 1.165) is 25.0 Å². The summed E-state index contributed by atoms with van der Waals surface area (Å²) in [7, 11) is 0. The first-order valence-corrected chi connectivity index (χ1v) is 4.31. The van der Waals surface area contributed by atoms with Gasteiger partial charge >= 0.3 is 0 Å². The van der Waals surface area contributed by atoms with Gasteiger partial charge in [0.15, 0.2) is 0 Å². The first kappa shape index (κ1) is 6.62. The predicted octanol–water partition coefficient (Wildman–Crippen LogP) is 1.33. The van der Waals surface area contributed by atoms with Crippen molar-refractivity contribution < 1.29 is 4.84 Å². The molecule has 0 bridgehead atoms. The standard InChI is InChI=1S/C8H15NO/c1-2-4-8-6-10-9-5-7(8)3-1/h7-9H,1-6H2. The van der Waals surface area contributed by atoms with E-state index in [-0.39, 0.29) is 0 Å². The van der Waals surface area contributed by atoms with Crippen molar-refractivity contribution in [1.82, 2.24) is 5.48 Å². The highest BCUT2D eigenvalue weighted by atomic mass is 16.6. The lowest BCUT2D eigenvalue weighted by atomic mass is 9.79. The molecule has 0 aromatic rings. The Kier molecular flexibility index (Phi) is 1.91. The number of hydrogen-bond acceptors (Lipinski definition) is 2. The van der Waals surface area contributed by atoms with Crippen molar-refractivity contribution in [3.63, 3.8) is 0 Å². The van der Waals surface area contributed by atoms with Crippen molar-refractivity contribution in [1.29, 1.82) is 0 Å². The van der Waals surface area contributed by atoms with Crippen LogP contribution in [0.5, 0.6) is 0 Å². The second-order valence-electron chi connectivity index (χ2n) is 3.46. The molecule has 58 valence electrons. The fourth-order valence-electron chi connectivity index (χ4n) is 2.10. The molecule has 1 N–H and O–H groups in total. The zero-order valence-electron chi connectivity index (χ0n) is 6.31. The van der Waals surface area contributed by atoms with Crippen molar-refractivity contribution >= 4 is 0 Å². The highest BCUT2D eigenvalue weighted by Gasteiger charge is 2.27. The first-order valence-electron chi connectivity index (χ1n) is 4.31. The lowest BCUT2D eigenvalue weighted by molar-refractivity contribution is -0.0593. The Bertz CT molecular complexity index is 89.8. The van der Waals surface area contributed by atoms with Gasteiger partial charge in [0.05, 0.1) is 6.61 Å². The summed E-state index contributed by atoms with van der Waals surface area (Å²) in [6.45, 7) is 2.04. The van der Waals surface area contributed by atoms with Crippen LogP contribution in [-0.2, 0) is 4.84 Å². The van der Waals surface area contributed by atoms with Gasteiger partial charge in [0.25, 0.3) is 0 Å². The second-order valence-corrected chi connectivity index (χ2v) is 3.46. The van der Waals surface area contributed by atoms with E-state index in [9.17, 15) is 0 Å². The van der Waals surface area contributed by atoms with Crippen molar-refractivity contribution in [2.45, 2.75) is 25.7 Å². The molecular formula is C8H15NO. The van der Waals surface area contributed by atoms with Crippen LogP contribution in [-0.4, -0.2) is 13.2 Å². The summed E-state index contributed by atoms with van der Waals surface area (Å²) in [4.78, 5) is 5.19. The molecule has 0 spiro atoms. The second kappa shape index (κ2) is 2.89. The number of hydroxylamine groups is 1. The van der Waals surface area contributed by atoms with E-state index in [1.54, 1.807) is 0 Å². The van der Waals surface area contributed by atoms with E-state index in [4.69, 9.17) is 4.84 Å². The Labute approximate surface area is 61.9 Å². The van der Waals surface area contributed by atoms with Crippen molar-refractivity contribution in [3.8, 4) is 0 Å². The number of rotatable bonds is 0. The van der Waals surface area contributed by atoms with E-state index in [2.05, 4.69) is 5.48 Å². The smallest absolute Gasteiger partial charge is 0.0713 e. The summed E-state index contributed by atoms with van der Waals surface area (Å²) in [5.41, 5.74) is 2.98. The minimum Gasteiger partial charge on any atom is -0.301 e. The molecule has 2 unspecified atom stereocenters. The minimum absolute atomic E-state index is 0.870. The summed E-state index contributed by atoms with van der Waals surface area (Å²) in [6, 6.07) is 0. The van der Waals surface area contributed by atoms with Gasteiger partial charge in [-0.05, 0) is 24.7 Å². The third kappa shape index (κ3) is 1.18. The maximum Gasteiger partial charge on any atom is 0.0713 e. The highest BCUT2D eigenvalue weighted by molar-refractivity contribution is 4.77. The quantitative estimate of drug-likeness (QED) is 0.549. The Morgan fingerprint density at radius 3 is 2.70 bits per heavy atom. The van der Waals surface area contributed by atoms with E-state index >= 15 is 0 Å². The first-order chi connectivity index (χ1) is 4.97. The molecule has 1 aliphatic heterocycles. The Hall–Kier alpha value is -0.0800. The molecule has 2 heteroatoms. The summed E-state index contributed by atoms with van der Waals surface area (Å²) >= 11 is 0. The normalized spacial score (nSPS) is 40.8. The lowest BCUT2D eigenvalue weighted by Gasteiger charge is -2.35. The highest BCUT2D eigenvalue weighted by Crippen LogP contribution is 2.31. The van der Waals surface area contributed by atoms with Gasteiger partial charge in [-0.15, -0.1) is 0 Å². The van der Waals surface area contributed by atoms with E-state index < -0.39 is 0 Å². The zero-order valence-corrected chi connectivity index (χ0v) is 6.31. The Morgan fingerprint density at radius 1 is 1.10 bits per heavy atom. The van der Waals surface area contributed by atoms with Gasteiger partial charge in [-0.1, -0.05) is 12.8 Å². The predicted molar refractivity (Wildman–Crippen MR) is 39.4 cm³/mol. The van der Waals surface area contributed by atoms with Gasteiger partial charge in [-0.25, -0.2) is 5.48 Å². The molecule has 1 aliphatic carbocycles. The molecule has 0 amide bonds. The molecule has 0 aromatic heterocycles. The summed E-state index contributed by atoms with van der Waals surface area (Å²) in [6.07, 6.45) is 5.67. The van der Waals surface area contributed by atoms with Gasteiger partial charge in [-0.2, -0.15) is 0 Å². The third-order valence-corrected chi connectivity index (χ3v) is 2.81. The monoisotopic (exact) mass is 141 g/mol. The maximum absolute atomic E-state index is 5.19. The van der Waals surface area contributed by atoms with E-state index in [0.29, 0.717) is 0 Å². The summed E-state index contributed by atoms with van der Waals surface area (Å²) in [5.74, 6) is 1.79. The minimum atomic E-state index is 0.870. The fraction of sp³-hybridized carbons (Fsp3) is 1.00. The van der Waals surface area contributed by atoms with Crippen molar-refractivity contribution in [2.24, 2.45) is 11.8 Å². The van der Waals surface area contributed by atoms with Gasteiger partial charge in [0, 0.05) is 6.54 Å². The fourth-order valence-corrected chi connectivity index (χ4v) is 2.10. The van der Waals surface area contributed by atoms with Crippen molar-refractivity contribution in [3.05, 3.63) is 0 Å². The molecule has 10 heavy (non-hydrogen) atoms. The number of hydrogen-bond donors (Lipinski definition) is 1. The maximum atomic E-state index is 5.19. The van der Waals surface area contributed by atoms with Crippen LogP contribution in [0.25, 0.3) is 0 Å². The van der Waals surface area contributed by atoms with Crippen LogP contribution in [0.15, 0.2) is 0 Å². The van der Waals surface area contributed by atoms with Crippen LogP contribution in [0.3, 0.4) is 0 Å². The molecule has 1 saturated carbocycles. The Balaban J connectivity index is 1.93. The van der Waals surface area contributed by atoms with Crippen LogP contribution < -0.4 is 5.48 Å².